The lowest BCUT2D eigenvalue weighted by Gasteiger charge is -2.26. The summed E-state index contributed by atoms with van der Waals surface area (Å²) < 4.78 is 0. The molecule has 1 aromatic rings. The third-order valence-electron chi connectivity index (χ3n) is 4.31. The number of benzene rings is 1. The van der Waals surface area contributed by atoms with Crippen molar-refractivity contribution in [3.05, 3.63) is 35.9 Å². The molecule has 0 aromatic heterocycles. The van der Waals surface area contributed by atoms with Crippen LogP contribution in [0.3, 0.4) is 0 Å². The van der Waals surface area contributed by atoms with Crippen LogP contribution >= 0.6 is 0 Å². The molecule has 2 atom stereocenters. The summed E-state index contributed by atoms with van der Waals surface area (Å²) in [4.78, 5) is 48.4. The summed E-state index contributed by atoms with van der Waals surface area (Å²) in [5.74, 6) is -2.53. The fraction of sp³-hybridized carbons (Fsp3) is 0.444. The van der Waals surface area contributed by atoms with E-state index in [-0.39, 0.29) is 12.5 Å². The molecule has 27 heavy (non-hydrogen) atoms. The number of amides is 3. The van der Waals surface area contributed by atoms with Crippen molar-refractivity contribution in [1.82, 2.24) is 15.5 Å². The summed E-state index contributed by atoms with van der Waals surface area (Å²) in [6.45, 7) is -0.428. The van der Waals surface area contributed by atoms with Gasteiger partial charge in [0.2, 0.25) is 17.7 Å². The van der Waals surface area contributed by atoms with E-state index in [1.165, 1.54) is 4.90 Å². The second kappa shape index (κ2) is 9.67. The zero-order valence-corrected chi connectivity index (χ0v) is 14.9. The minimum absolute atomic E-state index is 0.299. The van der Waals surface area contributed by atoms with Crippen LogP contribution in [0.5, 0.6) is 0 Å². The van der Waals surface area contributed by atoms with Gasteiger partial charge in [-0.2, -0.15) is 0 Å². The van der Waals surface area contributed by atoms with E-state index >= 15 is 0 Å². The Morgan fingerprint density at radius 2 is 1.85 bits per heavy atom. The van der Waals surface area contributed by atoms with Crippen LogP contribution in [0, 0.1) is 0 Å². The molecule has 146 valence electrons. The maximum atomic E-state index is 12.7. The van der Waals surface area contributed by atoms with Crippen molar-refractivity contribution >= 4 is 23.7 Å². The summed E-state index contributed by atoms with van der Waals surface area (Å²) in [7, 11) is 0. The Labute approximate surface area is 156 Å². The molecule has 0 saturated carbocycles. The SMILES string of the molecule is NC(Cc1ccccc1)C(=O)N1CCCC1C(=O)NCC(=O)NCC(=O)O. The first-order valence-electron chi connectivity index (χ1n) is 8.74. The topological polar surface area (TPSA) is 142 Å². The Bertz CT molecular complexity index is 694. The van der Waals surface area contributed by atoms with E-state index < -0.39 is 36.4 Å². The van der Waals surface area contributed by atoms with Crippen LogP contribution in [0.2, 0.25) is 0 Å². The predicted octanol–water partition coefficient (Wildman–Crippen LogP) is -1.14. The van der Waals surface area contributed by atoms with Crippen LogP contribution in [0.15, 0.2) is 30.3 Å². The number of rotatable bonds is 8. The lowest BCUT2D eigenvalue weighted by molar-refractivity contribution is -0.140. The minimum atomic E-state index is -1.17. The molecule has 0 spiro atoms. The Morgan fingerprint density at radius 1 is 1.15 bits per heavy atom. The van der Waals surface area contributed by atoms with Crippen molar-refractivity contribution < 1.29 is 24.3 Å². The van der Waals surface area contributed by atoms with Gasteiger partial charge in [-0.25, -0.2) is 0 Å². The van der Waals surface area contributed by atoms with Gasteiger partial charge in [0.05, 0.1) is 12.6 Å². The van der Waals surface area contributed by atoms with Crippen LogP contribution in [0.25, 0.3) is 0 Å². The Morgan fingerprint density at radius 3 is 2.52 bits per heavy atom. The summed E-state index contributed by atoms with van der Waals surface area (Å²) in [6.07, 6.45) is 1.54. The zero-order chi connectivity index (χ0) is 19.8. The normalized spacial score (nSPS) is 17.2. The van der Waals surface area contributed by atoms with E-state index in [1.54, 1.807) is 0 Å². The molecule has 1 aliphatic heterocycles. The van der Waals surface area contributed by atoms with Crippen molar-refractivity contribution in [1.29, 1.82) is 0 Å². The quantitative estimate of drug-likeness (QED) is 0.452. The average Bonchev–Trinajstić information content (AvgIpc) is 3.14. The first-order chi connectivity index (χ1) is 12.9. The Balaban J connectivity index is 1.87. The number of carboxylic acids is 1. The fourth-order valence-corrected chi connectivity index (χ4v) is 2.99. The van der Waals surface area contributed by atoms with E-state index in [2.05, 4.69) is 10.6 Å². The number of nitrogens with one attached hydrogen (secondary N) is 2. The highest BCUT2D eigenvalue weighted by Gasteiger charge is 2.36. The van der Waals surface area contributed by atoms with Gasteiger partial charge in [-0.15, -0.1) is 0 Å². The van der Waals surface area contributed by atoms with E-state index in [9.17, 15) is 19.2 Å². The number of likely N-dealkylation sites (tertiary alicyclic amines) is 1. The van der Waals surface area contributed by atoms with Crippen LogP contribution in [-0.4, -0.2) is 65.4 Å². The monoisotopic (exact) mass is 376 g/mol. The van der Waals surface area contributed by atoms with E-state index in [1.807, 2.05) is 30.3 Å². The number of carbonyl (C=O) groups excluding carboxylic acids is 3. The highest BCUT2D eigenvalue weighted by molar-refractivity contribution is 5.92. The molecule has 1 aliphatic rings. The molecule has 2 rings (SSSR count). The highest BCUT2D eigenvalue weighted by atomic mass is 16.4. The molecule has 0 aliphatic carbocycles. The molecule has 1 saturated heterocycles. The van der Waals surface area contributed by atoms with Gasteiger partial charge in [0.25, 0.3) is 0 Å². The van der Waals surface area contributed by atoms with Gasteiger partial charge in [0.15, 0.2) is 0 Å². The van der Waals surface area contributed by atoms with Gasteiger partial charge in [0.1, 0.15) is 12.6 Å². The number of nitrogens with two attached hydrogens (primary N) is 1. The van der Waals surface area contributed by atoms with Gasteiger partial charge in [-0.3, -0.25) is 19.2 Å². The standard InChI is InChI=1S/C18H24N4O5/c19-13(9-12-5-2-1-3-6-12)18(27)22-8-4-7-14(22)17(26)21-10-15(23)20-11-16(24)25/h1-3,5-6,13-14H,4,7-11,19H2,(H,20,23)(H,21,26)(H,24,25). The molecule has 2 unspecified atom stereocenters. The van der Waals surface area contributed by atoms with Crippen molar-refractivity contribution in [3.63, 3.8) is 0 Å². The van der Waals surface area contributed by atoms with Crippen molar-refractivity contribution in [3.8, 4) is 0 Å². The van der Waals surface area contributed by atoms with E-state index in [4.69, 9.17) is 10.8 Å². The number of carbonyl (C=O) groups is 4. The van der Waals surface area contributed by atoms with E-state index in [0.29, 0.717) is 25.8 Å². The fourth-order valence-electron chi connectivity index (χ4n) is 2.99. The van der Waals surface area contributed by atoms with Crippen LogP contribution < -0.4 is 16.4 Å². The largest absolute Gasteiger partial charge is 0.480 e. The summed E-state index contributed by atoms with van der Waals surface area (Å²) in [5, 5.41) is 13.1. The van der Waals surface area contributed by atoms with Crippen LogP contribution in [0.4, 0.5) is 0 Å². The molecule has 9 nitrogen and oxygen atoms in total. The maximum Gasteiger partial charge on any atom is 0.322 e. The molecular formula is C18H24N4O5. The van der Waals surface area contributed by atoms with Gasteiger partial charge in [0, 0.05) is 6.54 Å². The van der Waals surface area contributed by atoms with Crippen molar-refractivity contribution in [2.45, 2.75) is 31.3 Å². The van der Waals surface area contributed by atoms with Gasteiger partial charge < -0.3 is 26.4 Å². The van der Waals surface area contributed by atoms with Crippen LogP contribution in [0.1, 0.15) is 18.4 Å². The van der Waals surface area contributed by atoms with Gasteiger partial charge in [-0.1, -0.05) is 30.3 Å². The zero-order valence-electron chi connectivity index (χ0n) is 14.9. The number of carboxylic acid groups (broad SMARTS) is 1. The molecule has 3 amide bonds. The number of aliphatic carboxylic acids is 1. The minimum Gasteiger partial charge on any atom is -0.480 e. The highest BCUT2D eigenvalue weighted by Crippen LogP contribution is 2.19. The Kier molecular flexibility index (Phi) is 7.30. The first kappa shape index (κ1) is 20.4. The molecule has 9 heteroatoms. The summed E-state index contributed by atoms with van der Waals surface area (Å²) in [6, 6.07) is 7.96. The second-order valence-electron chi connectivity index (χ2n) is 6.37. The van der Waals surface area contributed by atoms with Gasteiger partial charge in [-0.05, 0) is 24.8 Å². The number of nitrogens with zero attached hydrogens (tertiary/aromatic N) is 1. The Hall–Kier alpha value is -2.94. The molecule has 5 N–H and O–H groups in total. The average molecular weight is 376 g/mol. The number of hydrogen-bond acceptors (Lipinski definition) is 5. The molecule has 1 aromatic carbocycles. The van der Waals surface area contributed by atoms with Crippen LogP contribution in [-0.2, 0) is 25.6 Å². The summed E-state index contributed by atoms with van der Waals surface area (Å²) >= 11 is 0. The lowest BCUT2D eigenvalue weighted by atomic mass is 10.1. The van der Waals surface area contributed by atoms with Crippen molar-refractivity contribution in [2.75, 3.05) is 19.6 Å². The third-order valence-corrected chi connectivity index (χ3v) is 4.31. The van der Waals surface area contributed by atoms with E-state index in [0.717, 1.165) is 5.56 Å². The summed E-state index contributed by atoms with van der Waals surface area (Å²) in [5.41, 5.74) is 6.98. The lowest BCUT2D eigenvalue weighted by Crippen LogP contribution is -2.52. The van der Waals surface area contributed by atoms with Gasteiger partial charge >= 0.3 is 5.97 Å². The maximum absolute atomic E-state index is 12.7. The van der Waals surface area contributed by atoms with Crippen molar-refractivity contribution in [2.24, 2.45) is 5.73 Å². The smallest absolute Gasteiger partial charge is 0.322 e. The molecule has 0 radical (unpaired) electrons. The molecule has 0 bridgehead atoms. The predicted molar refractivity (Wildman–Crippen MR) is 96.5 cm³/mol. The molecular weight excluding hydrogens is 352 g/mol. The first-order valence-corrected chi connectivity index (χ1v) is 8.74. The molecule has 1 fully saturated rings. The number of hydrogen-bond donors (Lipinski definition) is 4. The second-order valence-corrected chi connectivity index (χ2v) is 6.37. The molecule has 1 heterocycles. The third kappa shape index (κ3) is 6.07.